The van der Waals surface area contributed by atoms with Gasteiger partial charge >= 0.3 is 0 Å². The van der Waals surface area contributed by atoms with Crippen molar-refractivity contribution in [2.24, 2.45) is 5.73 Å². The van der Waals surface area contributed by atoms with Gasteiger partial charge in [0.15, 0.2) is 0 Å². The van der Waals surface area contributed by atoms with Crippen LogP contribution in [0.2, 0.25) is 0 Å². The number of amides is 4. The lowest BCUT2D eigenvalue weighted by atomic mass is 10.1. The molecule has 0 aromatic carbocycles. The first kappa shape index (κ1) is 30.1. The van der Waals surface area contributed by atoms with Gasteiger partial charge in [-0.1, -0.05) is 41.2 Å². The van der Waals surface area contributed by atoms with Gasteiger partial charge in [-0.15, -0.1) is 0 Å². The molecule has 0 saturated heterocycles. The van der Waals surface area contributed by atoms with E-state index in [1.54, 1.807) is 48.4 Å². The van der Waals surface area contributed by atoms with Crippen LogP contribution >= 0.6 is 21.6 Å². The van der Waals surface area contributed by atoms with Gasteiger partial charge < -0.3 is 21.7 Å². The van der Waals surface area contributed by atoms with Gasteiger partial charge in [-0.2, -0.15) is 0 Å². The number of carbonyl (C=O) groups is 4. The highest BCUT2D eigenvalue weighted by molar-refractivity contribution is 8.77. The van der Waals surface area contributed by atoms with Crippen LogP contribution in [0.4, 0.5) is 0 Å². The summed E-state index contributed by atoms with van der Waals surface area (Å²) in [5, 5.41) is 8.20. The van der Waals surface area contributed by atoms with E-state index in [4.69, 9.17) is 5.73 Å². The monoisotopic (exact) mass is 486 g/mol. The van der Waals surface area contributed by atoms with E-state index < -0.39 is 18.0 Å². The second-order valence-electron chi connectivity index (χ2n) is 8.21. The zero-order valence-electron chi connectivity index (χ0n) is 19.9. The molecule has 0 fully saturated rings. The molecule has 0 rings (SSSR count). The minimum absolute atomic E-state index is 0.156. The minimum Gasteiger partial charge on any atom is -0.370 e. The van der Waals surface area contributed by atoms with Crippen molar-refractivity contribution in [1.82, 2.24) is 16.0 Å². The van der Waals surface area contributed by atoms with E-state index in [0.717, 1.165) is 6.42 Å². The molecule has 0 radical (unpaired) electrons. The smallest absolute Gasteiger partial charge is 0.246 e. The van der Waals surface area contributed by atoms with Crippen molar-refractivity contribution >= 4 is 45.2 Å². The summed E-state index contributed by atoms with van der Waals surface area (Å²) < 4.78 is -0.156. The summed E-state index contributed by atoms with van der Waals surface area (Å²) in [7, 11) is 3.35. The number of hydrogen-bond donors (Lipinski definition) is 4. The molecule has 10 heteroatoms. The summed E-state index contributed by atoms with van der Waals surface area (Å²) in [6, 6.07) is -1.53. The molecule has 1 unspecified atom stereocenters. The van der Waals surface area contributed by atoms with Crippen LogP contribution in [-0.2, 0) is 19.2 Å². The standard InChI is InChI=1S/C22H38N4O4S2/c1-8-17(9-2)26-21(30)16(5)25-20(29)15(4)24-19(28)12-13-22(6,7)32-31-14(3)10-11-18(23)27/h8-9,14-16H,1,10-13H2,2-7H3,(H2,23,27)(H,24,28)(H,25,29)(H,26,30)/b17-9+/t14?,15-,16-/m0/s1. The van der Waals surface area contributed by atoms with Crippen molar-refractivity contribution in [2.75, 3.05) is 0 Å². The van der Waals surface area contributed by atoms with E-state index in [-0.39, 0.29) is 34.1 Å². The van der Waals surface area contributed by atoms with Crippen molar-refractivity contribution in [3.63, 3.8) is 0 Å². The van der Waals surface area contributed by atoms with Gasteiger partial charge in [0, 0.05) is 28.5 Å². The first-order valence-corrected chi connectivity index (χ1v) is 12.8. The molecular weight excluding hydrogens is 448 g/mol. The number of nitrogens with two attached hydrogens (primary N) is 1. The Kier molecular flexibility index (Phi) is 14.1. The van der Waals surface area contributed by atoms with Gasteiger partial charge in [-0.25, -0.2) is 0 Å². The van der Waals surface area contributed by atoms with E-state index in [2.05, 4.69) is 36.4 Å². The molecule has 0 aliphatic heterocycles. The number of rotatable bonds is 15. The number of hydrogen-bond acceptors (Lipinski definition) is 6. The zero-order valence-corrected chi connectivity index (χ0v) is 21.6. The molecule has 0 saturated carbocycles. The van der Waals surface area contributed by atoms with Gasteiger partial charge in [-0.05, 0) is 53.5 Å². The Morgan fingerprint density at radius 2 is 1.62 bits per heavy atom. The fourth-order valence-corrected chi connectivity index (χ4v) is 4.97. The third-order valence-electron chi connectivity index (χ3n) is 4.51. The van der Waals surface area contributed by atoms with Crippen LogP contribution in [0, 0.1) is 0 Å². The van der Waals surface area contributed by atoms with Crippen LogP contribution in [-0.4, -0.2) is 45.7 Å². The first-order chi connectivity index (χ1) is 14.8. The van der Waals surface area contributed by atoms with E-state index >= 15 is 0 Å². The summed E-state index contributed by atoms with van der Waals surface area (Å²) in [6.45, 7) is 14.7. The highest BCUT2D eigenvalue weighted by Crippen LogP contribution is 2.42. The SMILES string of the molecule is C=C/C(=C\C)NC(=O)[C@H](C)NC(=O)[C@H](C)NC(=O)CCC(C)(C)SSC(C)CCC(N)=O. The highest BCUT2D eigenvalue weighted by atomic mass is 33.1. The molecule has 5 N–H and O–H groups in total. The first-order valence-electron chi connectivity index (χ1n) is 10.6. The Hall–Kier alpha value is -1.94. The Morgan fingerprint density at radius 3 is 2.16 bits per heavy atom. The topological polar surface area (TPSA) is 130 Å². The Balaban J connectivity index is 4.42. The third kappa shape index (κ3) is 13.5. The van der Waals surface area contributed by atoms with Crippen LogP contribution in [0.15, 0.2) is 24.4 Å². The molecular formula is C22H38N4O4S2. The summed E-state index contributed by atoms with van der Waals surface area (Å²) >= 11 is 0. The molecule has 4 amide bonds. The average Bonchev–Trinajstić information content (AvgIpc) is 2.72. The average molecular weight is 487 g/mol. The quantitative estimate of drug-likeness (QED) is 0.208. The Bertz CT molecular complexity index is 710. The van der Waals surface area contributed by atoms with Crippen molar-refractivity contribution in [1.29, 1.82) is 0 Å². The zero-order chi connectivity index (χ0) is 24.9. The van der Waals surface area contributed by atoms with Gasteiger partial charge in [0.1, 0.15) is 12.1 Å². The molecule has 8 nitrogen and oxygen atoms in total. The molecule has 0 spiro atoms. The summed E-state index contributed by atoms with van der Waals surface area (Å²) in [6.07, 6.45) is 5.18. The molecule has 0 heterocycles. The van der Waals surface area contributed by atoms with Crippen molar-refractivity contribution in [3.8, 4) is 0 Å². The maximum absolute atomic E-state index is 12.3. The van der Waals surface area contributed by atoms with Crippen molar-refractivity contribution in [2.45, 2.75) is 89.3 Å². The lowest BCUT2D eigenvalue weighted by Gasteiger charge is -2.25. The molecule has 0 aliphatic rings. The molecule has 182 valence electrons. The van der Waals surface area contributed by atoms with Crippen LogP contribution in [0.3, 0.4) is 0 Å². The van der Waals surface area contributed by atoms with Crippen molar-refractivity contribution in [3.05, 3.63) is 24.4 Å². The van der Waals surface area contributed by atoms with Crippen LogP contribution < -0.4 is 21.7 Å². The van der Waals surface area contributed by atoms with Gasteiger partial charge in [0.2, 0.25) is 23.6 Å². The second-order valence-corrected chi connectivity index (χ2v) is 11.6. The number of carbonyl (C=O) groups excluding carboxylic acids is 4. The van der Waals surface area contributed by atoms with Gasteiger partial charge in [0.25, 0.3) is 0 Å². The summed E-state index contributed by atoms with van der Waals surface area (Å²) in [4.78, 5) is 47.6. The van der Waals surface area contributed by atoms with Crippen LogP contribution in [0.25, 0.3) is 0 Å². The third-order valence-corrected chi connectivity index (χ3v) is 8.45. The molecule has 32 heavy (non-hydrogen) atoms. The normalized spacial score (nSPS) is 14.6. The molecule has 3 atom stereocenters. The number of nitrogens with one attached hydrogen (secondary N) is 3. The molecule has 0 aromatic rings. The predicted molar refractivity (Wildman–Crippen MR) is 134 cm³/mol. The summed E-state index contributed by atoms with van der Waals surface area (Å²) in [5.74, 6) is -1.33. The predicted octanol–water partition coefficient (Wildman–Crippen LogP) is 2.80. The molecule has 0 aliphatic carbocycles. The van der Waals surface area contributed by atoms with Crippen molar-refractivity contribution < 1.29 is 19.2 Å². The van der Waals surface area contributed by atoms with Gasteiger partial charge in [-0.3, -0.25) is 19.2 Å². The summed E-state index contributed by atoms with van der Waals surface area (Å²) in [5.41, 5.74) is 5.74. The lowest BCUT2D eigenvalue weighted by Crippen LogP contribution is -2.51. The van der Waals surface area contributed by atoms with E-state index in [1.807, 2.05) is 6.92 Å². The molecule has 0 bridgehead atoms. The fraction of sp³-hybridized carbons (Fsp3) is 0.636. The second kappa shape index (κ2) is 15.0. The highest BCUT2D eigenvalue weighted by Gasteiger charge is 2.24. The Morgan fingerprint density at radius 1 is 1.03 bits per heavy atom. The maximum atomic E-state index is 12.3. The Labute approximate surface area is 199 Å². The van der Waals surface area contributed by atoms with Gasteiger partial charge in [0.05, 0.1) is 0 Å². The fourth-order valence-electron chi connectivity index (χ4n) is 2.34. The minimum atomic E-state index is -0.766. The number of primary amides is 1. The van der Waals surface area contributed by atoms with Crippen LogP contribution in [0.5, 0.6) is 0 Å². The van der Waals surface area contributed by atoms with E-state index in [0.29, 0.717) is 18.5 Å². The van der Waals surface area contributed by atoms with E-state index in [1.165, 1.54) is 6.08 Å². The van der Waals surface area contributed by atoms with E-state index in [9.17, 15) is 19.2 Å². The van der Waals surface area contributed by atoms with Crippen LogP contribution in [0.1, 0.15) is 67.2 Å². The lowest BCUT2D eigenvalue weighted by molar-refractivity contribution is -0.131. The maximum Gasteiger partial charge on any atom is 0.246 e. The number of allylic oxidation sites excluding steroid dienone is 2. The largest absolute Gasteiger partial charge is 0.370 e. The molecule has 0 aromatic heterocycles.